The number of alkyl halides is 3. The third-order valence-corrected chi connectivity index (χ3v) is 5.13. The van der Waals surface area contributed by atoms with Crippen LogP contribution in [0.5, 0.6) is 5.75 Å². The zero-order valence-electron chi connectivity index (χ0n) is 15.0. The van der Waals surface area contributed by atoms with Crippen LogP contribution in [0.15, 0.2) is 17.1 Å². The Morgan fingerprint density at radius 1 is 1.28 bits per heavy atom. The highest BCUT2D eigenvalue weighted by Gasteiger charge is 2.38. The highest BCUT2D eigenvalue weighted by Crippen LogP contribution is 2.45. The molecule has 2 aromatic rings. The van der Waals surface area contributed by atoms with Crippen molar-refractivity contribution < 1.29 is 32.2 Å². The van der Waals surface area contributed by atoms with Gasteiger partial charge in [0.05, 0.1) is 10.9 Å². The maximum absolute atomic E-state index is 15.0. The van der Waals surface area contributed by atoms with Crippen molar-refractivity contribution in [3.63, 3.8) is 0 Å². The van der Waals surface area contributed by atoms with Crippen molar-refractivity contribution in [1.82, 2.24) is 4.57 Å². The SMILES string of the molecule is NC1CCN(c2c(F)cc3c(=O)c(C(=O)O)cn(C4CC4)c3c2OC(F)(F)F)C1. The van der Waals surface area contributed by atoms with E-state index in [1.807, 2.05) is 0 Å². The number of carboxylic acids is 1. The Hall–Kier alpha value is -2.82. The third kappa shape index (κ3) is 3.50. The molecule has 1 atom stereocenters. The number of hydrogen-bond acceptors (Lipinski definition) is 5. The summed E-state index contributed by atoms with van der Waals surface area (Å²) in [5.41, 5.74) is 3.41. The van der Waals surface area contributed by atoms with E-state index in [1.165, 1.54) is 9.47 Å². The van der Waals surface area contributed by atoms with Crippen LogP contribution in [0.3, 0.4) is 0 Å². The molecule has 1 saturated heterocycles. The van der Waals surface area contributed by atoms with Crippen molar-refractivity contribution in [2.75, 3.05) is 18.0 Å². The molecular formula is C18H17F4N3O4. The van der Waals surface area contributed by atoms with Gasteiger partial charge in [0.15, 0.2) is 11.6 Å². The van der Waals surface area contributed by atoms with Gasteiger partial charge in [0.2, 0.25) is 5.43 Å². The second-order valence-corrected chi connectivity index (χ2v) is 7.29. The van der Waals surface area contributed by atoms with E-state index in [0.717, 1.165) is 12.3 Å². The number of anilines is 1. The molecule has 1 saturated carbocycles. The summed E-state index contributed by atoms with van der Waals surface area (Å²) < 4.78 is 60.2. The van der Waals surface area contributed by atoms with Gasteiger partial charge in [0, 0.05) is 31.4 Å². The van der Waals surface area contributed by atoms with Gasteiger partial charge < -0.3 is 25.0 Å². The lowest BCUT2D eigenvalue weighted by Crippen LogP contribution is -2.29. The van der Waals surface area contributed by atoms with Crippen LogP contribution in [0.4, 0.5) is 23.2 Å². The summed E-state index contributed by atoms with van der Waals surface area (Å²) in [5, 5.41) is 8.82. The van der Waals surface area contributed by atoms with Crippen LogP contribution < -0.4 is 20.8 Å². The number of ether oxygens (including phenoxy) is 1. The topological polar surface area (TPSA) is 97.8 Å². The van der Waals surface area contributed by atoms with Gasteiger partial charge in [0.1, 0.15) is 11.3 Å². The molecule has 0 bridgehead atoms. The van der Waals surface area contributed by atoms with Crippen LogP contribution in [0.2, 0.25) is 0 Å². The monoisotopic (exact) mass is 415 g/mol. The molecule has 2 aliphatic rings. The number of hydrogen-bond donors (Lipinski definition) is 2. The Morgan fingerprint density at radius 2 is 1.97 bits per heavy atom. The van der Waals surface area contributed by atoms with Gasteiger partial charge in [-0.15, -0.1) is 13.2 Å². The Balaban J connectivity index is 2.08. The quantitative estimate of drug-likeness (QED) is 0.745. The lowest BCUT2D eigenvalue weighted by Gasteiger charge is -2.25. The largest absolute Gasteiger partial charge is 0.573 e. The fourth-order valence-electron chi connectivity index (χ4n) is 3.73. The number of rotatable bonds is 4. The average molecular weight is 415 g/mol. The van der Waals surface area contributed by atoms with Crippen molar-refractivity contribution >= 4 is 22.6 Å². The molecule has 3 N–H and O–H groups in total. The van der Waals surface area contributed by atoms with E-state index in [-0.39, 0.29) is 30.7 Å². The van der Waals surface area contributed by atoms with Crippen LogP contribution in [-0.4, -0.2) is 41.1 Å². The molecule has 4 rings (SSSR count). The minimum absolute atomic E-state index is 0.123. The second kappa shape index (κ2) is 6.61. The molecule has 29 heavy (non-hydrogen) atoms. The number of pyridine rings is 1. The van der Waals surface area contributed by atoms with Crippen molar-refractivity contribution in [3.05, 3.63) is 33.9 Å². The maximum Gasteiger partial charge on any atom is 0.573 e. The first-order chi connectivity index (χ1) is 13.6. The lowest BCUT2D eigenvalue weighted by atomic mass is 10.1. The second-order valence-electron chi connectivity index (χ2n) is 7.29. The fourth-order valence-corrected chi connectivity index (χ4v) is 3.73. The summed E-state index contributed by atoms with van der Waals surface area (Å²) >= 11 is 0. The number of nitrogens with zero attached hydrogens (tertiary/aromatic N) is 2. The minimum Gasteiger partial charge on any atom is -0.477 e. The number of aromatic nitrogens is 1. The summed E-state index contributed by atoms with van der Waals surface area (Å²) in [5.74, 6) is -3.49. The number of carboxylic acid groups (broad SMARTS) is 1. The molecule has 1 aliphatic carbocycles. The first-order valence-electron chi connectivity index (χ1n) is 8.97. The number of nitrogens with two attached hydrogens (primary N) is 1. The third-order valence-electron chi connectivity index (χ3n) is 5.13. The van der Waals surface area contributed by atoms with E-state index in [2.05, 4.69) is 4.74 Å². The first-order valence-corrected chi connectivity index (χ1v) is 8.97. The van der Waals surface area contributed by atoms with Gasteiger partial charge in [-0.1, -0.05) is 0 Å². The molecular weight excluding hydrogens is 398 g/mol. The Labute approximate surface area is 161 Å². The molecule has 1 aliphatic heterocycles. The number of aromatic carboxylic acids is 1. The molecule has 2 fully saturated rings. The zero-order chi connectivity index (χ0) is 21.1. The Bertz CT molecular complexity index is 1060. The zero-order valence-corrected chi connectivity index (χ0v) is 15.0. The molecule has 1 aromatic heterocycles. The standard InChI is InChI=1S/C18H17F4N3O4/c19-12-5-10-13(25(9-1-2-9)7-11(15(10)26)17(27)28)16(29-18(20,21)22)14(12)24-4-3-8(23)6-24/h5,7-9H,1-4,6,23H2,(H,27,28). The number of benzene rings is 1. The summed E-state index contributed by atoms with van der Waals surface area (Å²) in [6.45, 7) is 0.343. The van der Waals surface area contributed by atoms with E-state index in [0.29, 0.717) is 19.3 Å². The Kier molecular flexibility index (Phi) is 4.45. The number of fused-ring (bicyclic) bond motifs is 1. The van der Waals surface area contributed by atoms with Gasteiger partial charge in [-0.05, 0) is 25.3 Å². The molecule has 0 spiro atoms. The normalized spacial score (nSPS) is 19.8. The predicted molar refractivity (Wildman–Crippen MR) is 94.9 cm³/mol. The summed E-state index contributed by atoms with van der Waals surface area (Å²) in [6.07, 6.45) is -2.51. The number of halogens is 4. The van der Waals surface area contributed by atoms with E-state index >= 15 is 0 Å². The van der Waals surface area contributed by atoms with Crippen molar-refractivity contribution in [1.29, 1.82) is 0 Å². The number of carbonyl (C=O) groups is 1. The minimum atomic E-state index is -5.15. The molecule has 11 heteroatoms. The van der Waals surface area contributed by atoms with Gasteiger partial charge in [-0.3, -0.25) is 4.79 Å². The van der Waals surface area contributed by atoms with Crippen LogP contribution in [0.25, 0.3) is 10.9 Å². The maximum atomic E-state index is 15.0. The molecule has 0 amide bonds. The summed E-state index contributed by atoms with van der Waals surface area (Å²) in [6, 6.07) is 0.139. The van der Waals surface area contributed by atoms with Gasteiger partial charge in [-0.2, -0.15) is 0 Å². The van der Waals surface area contributed by atoms with E-state index in [4.69, 9.17) is 5.73 Å². The molecule has 156 valence electrons. The van der Waals surface area contributed by atoms with Crippen LogP contribution in [0, 0.1) is 5.82 Å². The smallest absolute Gasteiger partial charge is 0.477 e. The van der Waals surface area contributed by atoms with E-state index in [9.17, 15) is 32.3 Å². The lowest BCUT2D eigenvalue weighted by molar-refractivity contribution is -0.274. The van der Waals surface area contributed by atoms with Gasteiger partial charge in [-0.25, -0.2) is 9.18 Å². The van der Waals surface area contributed by atoms with E-state index < -0.39 is 46.0 Å². The molecule has 0 radical (unpaired) electrons. The van der Waals surface area contributed by atoms with Crippen LogP contribution in [-0.2, 0) is 0 Å². The Morgan fingerprint density at radius 3 is 2.48 bits per heavy atom. The predicted octanol–water partition coefficient (Wildman–Crippen LogP) is 2.61. The fraction of sp³-hybridized carbons (Fsp3) is 0.444. The first kappa shape index (κ1) is 19.5. The van der Waals surface area contributed by atoms with Crippen molar-refractivity contribution in [3.8, 4) is 5.75 Å². The molecule has 1 unspecified atom stereocenters. The highest BCUT2D eigenvalue weighted by atomic mass is 19.4. The van der Waals surface area contributed by atoms with Gasteiger partial charge >= 0.3 is 12.3 Å². The molecule has 1 aromatic carbocycles. The van der Waals surface area contributed by atoms with Crippen LogP contribution in [0.1, 0.15) is 35.7 Å². The van der Waals surface area contributed by atoms with Crippen LogP contribution >= 0.6 is 0 Å². The average Bonchev–Trinajstić information content (AvgIpc) is 3.36. The van der Waals surface area contributed by atoms with E-state index in [1.54, 1.807) is 0 Å². The summed E-state index contributed by atoms with van der Waals surface area (Å²) in [7, 11) is 0. The van der Waals surface area contributed by atoms with Crippen molar-refractivity contribution in [2.45, 2.75) is 37.7 Å². The van der Waals surface area contributed by atoms with Crippen molar-refractivity contribution in [2.24, 2.45) is 5.73 Å². The molecule has 2 heterocycles. The van der Waals surface area contributed by atoms with Gasteiger partial charge in [0.25, 0.3) is 0 Å². The molecule has 7 nitrogen and oxygen atoms in total. The summed E-state index contributed by atoms with van der Waals surface area (Å²) in [4.78, 5) is 25.4. The highest BCUT2D eigenvalue weighted by molar-refractivity contribution is 5.97.